The number of ether oxygens (including phenoxy) is 1. The SMILES string of the molecule is CCN1C(=O)S/C(=C\C2=Cc3cc(Br)ccc3OC2C)C1=O. The molecule has 1 aromatic carbocycles. The van der Waals surface area contributed by atoms with Crippen molar-refractivity contribution in [3.8, 4) is 5.75 Å². The van der Waals surface area contributed by atoms with Crippen molar-refractivity contribution in [2.24, 2.45) is 0 Å². The van der Waals surface area contributed by atoms with Gasteiger partial charge in [-0.1, -0.05) is 15.9 Å². The molecule has 6 heteroatoms. The number of amides is 2. The molecule has 0 N–H and O–H groups in total. The van der Waals surface area contributed by atoms with Gasteiger partial charge in [0.15, 0.2) is 0 Å². The maximum atomic E-state index is 12.2. The number of likely N-dealkylation sites (N-methyl/N-ethyl adjacent to an activating group) is 1. The zero-order valence-electron chi connectivity index (χ0n) is 12.1. The second-order valence-corrected chi connectivity index (χ2v) is 6.92. The molecule has 114 valence electrons. The first-order valence-corrected chi connectivity index (χ1v) is 8.53. The highest BCUT2D eigenvalue weighted by Gasteiger charge is 2.34. The maximum absolute atomic E-state index is 12.2. The molecule has 1 unspecified atom stereocenters. The molecule has 1 aromatic rings. The fourth-order valence-electron chi connectivity index (χ4n) is 2.38. The summed E-state index contributed by atoms with van der Waals surface area (Å²) in [5.74, 6) is 0.583. The largest absolute Gasteiger partial charge is 0.485 e. The lowest BCUT2D eigenvalue weighted by atomic mass is 10.0. The van der Waals surface area contributed by atoms with Crippen molar-refractivity contribution in [2.45, 2.75) is 20.0 Å². The number of thioether (sulfide) groups is 1. The first kappa shape index (κ1) is 15.4. The number of benzene rings is 1. The van der Waals surface area contributed by atoms with E-state index in [1.165, 1.54) is 4.90 Å². The predicted molar refractivity (Wildman–Crippen MR) is 90.7 cm³/mol. The van der Waals surface area contributed by atoms with Crippen LogP contribution in [0.3, 0.4) is 0 Å². The molecule has 1 saturated heterocycles. The van der Waals surface area contributed by atoms with E-state index in [1.54, 1.807) is 13.0 Å². The Morgan fingerprint density at radius 3 is 2.86 bits per heavy atom. The fraction of sp³-hybridized carbons (Fsp3) is 0.250. The van der Waals surface area contributed by atoms with Gasteiger partial charge in [-0.15, -0.1) is 0 Å². The van der Waals surface area contributed by atoms with Gasteiger partial charge < -0.3 is 4.74 Å². The highest BCUT2D eigenvalue weighted by Crippen LogP contribution is 2.36. The first-order chi connectivity index (χ1) is 10.5. The summed E-state index contributed by atoms with van der Waals surface area (Å²) in [5.41, 5.74) is 1.83. The first-order valence-electron chi connectivity index (χ1n) is 6.92. The van der Waals surface area contributed by atoms with Gasteiger partial charge in [-0.25, -0.2) is 0 Å². The average molecular weight is 380 g/mol. The zero-order valence-corrected chi connectivity index (χ0v) is 14.5. The molecular formula is C16H14BrNO3S. The lowest BCUT2D eigenvalue weighted by Gasteiger charge is -2.23. The van der Waals surface area contributed by atoms with E-state index in [0.29, 0.717) is 11.4 Å². The van der Waals surface area contributed by atoms with Gasteiger partial charge in [-0.05, 0) is 61.5 Å². The van der Waals surface area contributed by atoms with Crippen LogP contribution in [0.25, 0.3) is 6.08 Å². The van der Waals surface area contributed by atoms with Gasteiger partial charge in [0.1, 0.15) is 11.9 Å². The Bertz CT molecular complexity index is 726. The van der Waals surface area contributed by atoms with E-state index in [-0.39, 0.29) is 17.3 Å². The lowest BCUT2D eigenvalue weighted by Crippen LogP contribution is -2.27. The number of halogens is 1. The van der Waals surface area contributed by atoms with Gasteiger partial charge in [0.2, 0.25) is 0 Å². The van der Waals surface area contributed by atoms with Crippen LogP contribution in [0.15, 0.2) is 39.2 Å². The van der Waals surface area contributed by atoms with Crippen LogP contribution >= 0.6 is 27.7 Å². The van der Waals surface area contributed by atoms with Crippen LogP contribution in [-0.2, 0) is 4.79 Å². The number of imide groups is 1. The van der Waals surface area contributed by atoms with E-state index in [2.05, 4.69) is 15.9 Å². The number of hydrogen-bond donors (Lipinski definition) is 0. The number of nitrogens with zero attached hydrogens (tertiary/aromatic N) is 1. The molecule has 0 saturated carbocycles. The van der Waals surface area contributed by atoms with E-state index < -0.39 is 0 Å². The molecule has 0 aromatic heterocycles. The van der Waals surface area contributed by atoms with Crippen LogP contribution in [0.1, 0.15) is 19.4 Å². The molecule has 2 heterocycles. The van der Waals surface area contributed by atoms with Gasteiger partial charge in [0, 0.05) is 16.6 Å². The van der Waals surface area contributed by atoms with Crippen molar-refractivity contribution in [2.75, 3.05) is 6.54 Å². The highest BCUT2D eigenvalue weighted by atomic mass is 79.9. The maximum Gasteiger partial charge on any atom is 0.293 e. The fourth-order valence-corrected chi connectivity index (χ4v) is 3.66. The van der Waals surface area contributed by atoms with Gasteiger partial charge >= 0.3 is 0 Å². The summed E-state index contributed by atoms with van der Waals surface area (Å²) in [6.45, 7) is 4.11. The molecule has 0 radical (unpaired) electrons. The van der Waals surface area contributed by atoms with E-state index in [0.717, 1.165) is 33.1 Å². The molecule has 2 aliphatic heterocycles. The Kier molecular flexibility index (Phi) is 4.14. The van der Waals surface area contributed by atoms with Crippen LogP contribution in [-0.4, -0.2) is 28.7 Å². The Morgan fingerprint density at radius 1 is 1.41 bits per heavy atom. The summed E-state index contributed by atoms with van der Waals surface area (Å²) in [6, 6.07) is 5.80. The van der Waals surface area contributed by atoms with Crippen LogP contribution in [0.2, 0.25) is 0 Å². The minimum absolute atomic E-state index is 0.166. The summed E-state index contributed by atoms with van der Waals surface area (Å²) in [6.07, 6.45) is 3.59. The van der Waals surface area contributed by atoms with Crippen LogP contribution in [0, 0.1) is 0 Å². The standard InChI is InChI=1S/C16H14BrNO3S/c1-3-18-15(19)14(22-16(18)20)8-10-6-11-7-12(17)4-5-13(11)21-9(10)2/h4-9H,3H2,1-2H3/b14-8-. The van der Waals surface area contributed by atoms with E-state index in [4.69, 9.17) is 4.74 Å². The second kappa shape index (κ2) is 5.93. The van der Waals surface area contributed by atoms with E-state index in [9.17, 15) is 9.59 Å². The van der Waals surface area contributed by atoms with Gasteiger partial charge in [0.05, 0.1) is 4.91 Å². The number of fused-ring (bicyclic) bond motifs is 1. The molecule has 1 atom stereocenters. The topological polar surface area (TPSA) is 46.6 Å². The molecule has 2 aliphatic rings. The monoisotopic (exact) mass is 379 g/mol. The van der Waals surface area contributed by atoms with Gasteiger partial charge in [0.25, 0.3) is 11.1 Å². The minimum atomic E-state index is -0.231. The number of hydrogen-bond acceptors (Lipinski definition) is 4. The normalized spacial score (nSPS) is 22.7. The minimum Gasteiger partial charge on any atom is -0.485 e. The second-order valence-electron chi connectivity index (χ2n) is 5.01. The Morgan fingerprint density at radius 2 is 2.18 bits per heavy atom. The summed E-state index contributed by atoms with van der Waals surface area (Å²) >= 11 is 4.42. The third-order valence-corrected chi connectivity index (χ3v) is 4.96. The Balaban J connectivity index is 1.97. The summed E-state index contributed by atoms with van der Waals surface area (Å²) in [5, 5.41) is -0.216. The van der Waals surface area contributed by atoms with Crippen molar-refractivity contribution < 1.29 is 14.3 Å². The molecular weight excluding hydrogens is 366 g/mol. The molecule has 0 aliphatic carbocycles. The molecule has 22 heavy (non-hydrogen) atoms. The summed E-state index contributed by atoms with van der Waals surface area (Å²) in [4.78, 5) is 25.6. The molecule has 4 nitrogen and oxygen atoms in total. The highest BCUT2D eigenvalue weighted by molar-refractivity contribution is 9.10. The van der Waals surface area contributed by atoms with Crippen LogP contribution < -0.4 is 4.74 Å². The molecule has 3 rings (SSSR count). The molecule has 2 amide bonds. The third-order valence-electron chi connectivity index (χ3n) is 3.55. The number of carbonyl (C=O) groups excluding carboxylic acids is 2. The summed E-state index contributed by atoms with van der Waals surface area (Å²) in [7, 11) is 0. The van der Waals surface area contributed by atoms with Crippen LogP contribution in [0.4, 0.5) is 4.79 Å². The Hall–Kier alpha value is -1.53. The quantitative estimate of drug-likeness (QED) is 0.721. The third kappa shape index (κ3) is 2.73. The van der Waals surface area contributed by atoms with Gasteiger partial charge in [-0.3, -0.25) is 14.5 Å². The lowest BCUT2D eigenvalue weighted by molar-refractivity contribution is -0.122. The van der Waals surface area contributed by atoms with E-state index >= 15 is 0 Å². The van der Waals surface area contributed by atoms with Crippen molar-refractivity contribution in [1.82, 2.24) is 4.90 Å². The number of carbonyl (C=O) groups is 2. The molecule has 1 fully saturated rings. The average Bonchev–Trinajstić information content (AvgIpc) is 2.74. The van der Waals surface area contributed by atoms with Gasteiger partial charge in [-0.2, -0.15) is 0 Å². The smallest absolute Gasteiger partial charge is 0.293 e. The zero-order chi connectivity index (χ0) is 15.9. The predicted octanol–water partition coefficient (Wildman–Crippen LogP) is 4.21. The molecule has 0 bridgehead atoms. The van der Waals surface area contributed by atoms with Crippen molar-refractivity contribution in [3.63, 3.8) is 0 Å². The molecule has 0 spiro atoms. The van der Waals surface area contributed by atoms with Crippen LogP contribution in [0.5, 0.6) is 5.75 Å². The van der Waals surface area contributed by atoms with Crippen molar-refractivity contribution >= 4 is 44.9 Å². The summed E-state index contributed by atoms with van der Waals surface area (Å²) < 4.78 is 6.84. The van der Waals surface area contributed by atoms with Crippen molar-refractivity contribution in [1.29, 1.82) is 0 Å². The van der Waals surface area contributed by atoms with E-state index in [1.807, 2.05) is 31.2 Å². The number of rotatable bonds is 2. The Labute approximate surface area is 141 Å². The van der Waals surface area contributed by atoms with Crippen molar-refractivity contribution in [3.05, 3.63) is 44.8 Å².